The highest BCUT2D eigenvalue weighted by atomic mass is 16.5. The van der Waals surface area contributed by atoms with Gasteiger partial charge in [0, 0.05) is 6.42 Å². The topological polar surface area (TPSA) is 45.0 Å². The normalized spacial score (nSPS) is 15.9. The second-order valence-corrected chi connectivity index (χ2v) is 7.06. The van der Waals surface area contributed by atoms with Gasteiger partial charge in [-0.1, -0.05) is 32.9 Å². The van der Waals surface area contributed by atoms with Crippen molar-refractivity contribution in [2.75, 3.05) is 7.05 Å². The predicted molar refractivity (Wildman–Crippen MR) is 87.7 cm³/mol. The number of aryl methyl sites for hydroxylation is 1. The maximum Gasteiger partial charge on any atom is 0.122 e. The Labute approximate surface area is 129 Å². The van der Waals surface area contributed by atoms with E-state index in [1.54, 1.807) is 7.05 Å². The molecule has 0 bridgehead atoms. The maximum atomic E-state index is 9.21. The molecule has 0 aliphatic rings. The number of hydrogen-bond donors (Lipinski definition) is 1. The molecule has 0 fully saturated rings. The lowest BCUT2D eigenvalue weighted by Gasteiger charge is -2.26. The quantitative estimate of drug-likeness (QED) is 0.892. The Bertz CT molecular complexity index is 525. The first-order chi connectivity index (χ1) is 9.61. The molecular weight excluding hydrogens is 260 g/mol. The Morgan fingerprint density at radius 2 is 1.90 bits per heavy atom. The largest absolute Gasteiger partial charge is 0.490 e. The third kappa shape index (κ3) is 4.75. The minimum Gasteiger partial charge on any atom is -0.490 e. The summed E-state index contributed by atoms with van der Waals surface area (Å²) in [6.45, 7) is 12.6. The van der Waals surface area contributed by atoms with Crippen LogP contribution in [0.1, 0.15) is 52.2 Å². The monoisotopic (exact) mass is 288 g/mol. The third-order valence-electron chi connectivity index (χ3n) is 3.86. The van der Waals surface area contributed by atoms with Crippen LogP contribution in [0.3, 0.4) is 0 Å². The van der Waals surface area contributed by atoms with Gasteiger partial charge in [-0.05, 0) is 50.4 Å². The lowest BCUT2D eigenvalue weighted by atomic mass is 9.86. The van der Waals surface area contributed by atoms with Crippen molar-refractivity contribution in [3.8, 4) is 11.8 Å². The molecule has 1 N–H and O–H groups in total. The average Bonchev–Trinajstić information content (AvgIpc) is 2.39. The summed E-state index contributed by atoms with van der Waals surface area (Å²) in [6.07, 6.45) is 0.613. The first-order valence-corrected chi connectivity index (χ1v) is 7.49. The van der Waals surface area contributed by atoms with Gasteiger partial charge >= 0.3 is 0 Å². The molecule has 0 radical (unpaired) electrons. The first kappa shape index (κ1) is 17.5. The zero-order valence-corrected chi connectivity index (χ0v) is 14.4. The van der Waals surface area contributed by atoms with Crippen molar-refractivity contribution < 1.29 is 4.74 Å². The van der Waals surface area contributed by atoms with Crippen LogP contribution in [-0.4, -0.2) is 18.7 Å². The maximum absolute atomic E-state index is 9.21. The summed E-state index contributed by atoms with van der Waals surface area (Å²) in [6, 6.07) is 8.64. The number of rotatable bonds is 5. The standard InChI is InChI=1S/C18H28N2O/c1-13-10-15(17(3,4)5)8-9-16(13)21-14(2)11-18(6,12-19)20-7/h8-10,14,20H,11H2,1-7H3. The van der Waals surface area contributed by atoms with Crippen LogP contribution in [0, 0.1) is 18.3 Å². The Morgan fingerprint density at radius 3 is 2.33 bits per heavy atom. The van der Waals surface area contributed by atoms with Crippen LogP contribution >= 0.6 is 0 Å². The van der Waals surface area contributed by atoms with Gasteiger partial charge in [0.25, 0.3) is 0 Å². The number of nitrogens with zero attached hydrogens (tertiary/aromatic N) is 1. The van der Waals surface area contributed by atoms with E-state index in [1.165, 1.54) is 5.56 Å². The Balaban J connectivity index is 2.83. The molecule has 116 valence electrons. The molecule has 1 rings (SSSR count). The van der Waals surface area contributed by atoms with Crippen LogP contribution < -0.4 is 10.1 Å². The molecule has 0 saturated carbocycles. The van der Waals surface area contributed by atoms with Crippen LogP contribution in [0.5, 0.6) is 5.75 Å². The van der Waals surface area contributed by atoms with E-state index in [0.717, 1.165) is 11.3 Å². The molecule has 0 heterocycles. The fourth-order valence-corrected chi connectivity index (χ4v) is 2.29. The summed E-state index contributed by atoms with van der Waals surface area (Å²) < 4.78 is 6.02. The zero-order valence-electron chi connectivity index (χ0n) is 14.4. The van der Waals surface area contributed by atoms with Gasteiger partial charge in [-0.25, -0.2) is 0 Å². The van der Waals surface area contributed by atoms with Crippen molar-refractivity contribution in [3.05, 3.63) is 29.3 Å². The summed E-state index contributed by atoms with van der Waals surface area (Å²) in [7, 11) is 1.80. The van der Waals surface area contributed by atoms with Gasteiger partial charge in [-0.2, -0.15) is 5.26 Å². The highest BCUT2D eigenvalue weighted by Gasteiger charge is 2.25. The molecular formula is C18H28N2O. The van der Waals surface area contributed by atoms with E-state index in [2.05, 4.69) is 51.2 Å². The highest BCUT2D eigenvalue weighted by molar-refractivity contribution is 5.38. The third-order valence-corrected chi connectivity index (χ3v) is 3.86. The van der Waals surface area contributed by atoms with E-state index in [-0.39, 0.29) is 11.5 Å². The van der Waals surface area contributed by atoms with E-state index in [4.69, 9.17) is 4.74 Å². The second kappa shape index (κ2) is 6.49. The predicted octanol–water partition coefficient (Wildman–Crippen LogP) is 3.95. The Kier molecular flexibility index (Phi) is 5.42. The molecule has 0 spiro atoms. The second-order valence-electron chi connectivity index (χ2n) is 7.06. The Morgan fingerprint density at radius 1 is 1.29 bits per heavy atom. The summed E-state index contributed by atoms with van der Waals surface area (Å²) >= 11 is 0. The van der Waals surface area contributed by atoms with E-state index in [9.17, 15) is 5.26 Å². The van der Waals surface area contributed by atoms with Crippen LogP contribution in [-0.2, 0) is 5.41 Å². The van der Waals surface area contributed by atoms with Crippen molar-refractivity contribution in [2.45, 2.75) is 65.0 Å². The zero-order chi connectivity index (χ0) is 16.3. The molecule has 1 aromatic rings. The summed E-state index contributed by atoms with van der Waals surface area (Å²) in [5.41, 5.74) is 2.02. The molecule has 0 saturated heterocycles. The van der Waals surface area contributed by atoms with E-state index in [0.29, 0.717) is 6.42 Å². The molecule has 0 aromatic heterocycles. The molecule has 0 aliphatic heterocycles. The highest BCUT2D eigenvalue weighted by Crippen LogP contribution is 2.28. The van der Waals surface area contributed by atoms with Crippen molar-refractivity contribution in [3.63, 3.8) is 0 Å². The molecule has 2 atom stereocenters. The number of nitrogens with one attached hydrogen (secondary N) is 1. The lowest BCUT2D eigenvalue weighted by Crippen LogP contribution is -2.41. The molecule has 2 unspecified atom stereocenters. The fourth-order valence-electron chi connectivity index (χ4n) is 2.29. The van der Waals surface area contributed by atoms with Crippen molar-refractivity contribution in [1.82, 2.24) is 5.32 Å². The van der Waals surface area contributed by atoms with Crippen LogP contribution in [0.4, 0.5) is 0 Å². The minimum atomic E-state index is -0.557. The fraction of sp³-hybridized carbons (Fsp3) is 0.611. The first-order valence-electron chi connectivity index (χ1n) is 7.49. The number of hydrogen-bond acceptors (Lipinski definition) is 3. The lowest BCUT2D eigenvalue weighted by molar-refractivity contribution is 0.181. The van der Waals surface area contributed by atoms with E-state index < -0.39 is 5.54 Å². The molecule has 3 nitrogen and oxygen atoms in total. The van der Waals surface area contributed by atoms with Crippen LogP contribution in [0.25, 0.3) is 0 Å². The molecule has 0 amide bonds. The number of ether oxygens (including phenoxy) is 1. The van der Waals surface area contributed by atoms with Gasteiger partial charge in [0.05, 0.1) is 12.2 Å². The number of benzene rings is 1. The van der Waals surface area contributed by atoms with Gasteiger partial charge in [0.2, 0.25) is 0 Å². The molecule has 3 heteroatoms. The van der Waals surface area contributed by atoms with Crippen molar-refractivity contribution in [1.29, 1.82) is 5.26 Å². The van der Waals surface area contributed by atoms with Gasteiger partial charge in [-0.3, -0.25) is 0 Å². The van der Waals surface area contributed by atoms with E-state index >= 15 is 0 Å². The minimum absolute atomic E-state index is 0.0266. The molecule has 21 heavy (non-hydrogen) atoms. The van der Waals surface area contributed by atoms with E-state index in [1.807, 2.05) is 19.9 Å². The van der Waals surface area contributed by atoms with Gasteiger partial charge in [-0.15, -0.1) is 0 Å². The summed E-state index contributed by atoms with van der Waals surface area (Å²) in [5.74, 6) is 0.895. The van der Waals surface area contributed by atoms with Gasteiger partial charge < -0.3 is 10.1 Å². The SMILES string of the molecule is CNC(C)(C#N)CC(C)Oc1ccc(C(C)(C)C)cc1C. The average molecular weight is 288 g/mol. The van der Waals surface area contributed by atoms with Gasteiger partial charge in [0.1, 0.15) is 11.3 Å². The summed E-state index contributed by atoms with van der Waals surface area (Å²) in [5, 5.41) is 12.3. The van der Waals surface area contributed by atoms with Crippen molar-refractivity contribution in [2.24, 2.45) is 0 Å². The van der Waals surface area contributed by atoms with Gasteiger partial charge in [0.15, 0.2) is 0 Å². The molecule has 0 aliphatic carbocycles. The van der Waals surface area contributed by atoms with Crippen molar-refractivity contribution >= 4 is 0 Å². The Hall–Kier alpha value is -1.53. The number of nitriles is 1. The molecule has 1 aromatic carbocycles. The smallest absolute Gasteiger partial charge is 0.122 e. The summed E-state index contributed by atoms with van der Waals surface area (Å²) in [4.78, 5) is 0. The van der Waals surface area contributed by atoms with Crippen LogP contribution in [0.2, 0.25) is 0 Å². The van der Waals surface area contributed by atoms with Crippen LogP contribution in [0.15, 0.2) is 18.2 Å².